The first kappa shape index (κ1) is 50.6. The van der Waals surface area contributed by atoms with E-state index < -0.39 is 89.1 Å². The molecule has 70 heavy (non-hydrogen) atoms. The van der Waals surface area contributed by atoms with Gasteiger partial charge >= 0.3 is 25.5 Å². The van der Waals surface area contributed by atoms with E-state index in [9.17, 15) is 24.1 Å². The molecule has 1 aromatic carbocycles. The molecule has 6 heterocycles. The van der Waals surface area contributed by atoms with E-state index in [0.29, 0.717) is 71.2 Å². The molecule has 382 valence electrons. The second kappa shape index (κ2) is 18.6. The molecule has 3 unspecified atom stereocenters. The number of carbonyl (C=O) groups is 4. The Kier molecular flexibility index (Phi) is 13.4. The Balaban J connectivity index is 1.25. The van der Waals surface area contributed by atoms with Crippen LogP contribution in [0.4, 0.5) is 0 Å². The largest absolute Gasteiger partial charge is 0.468 e. The number of carbonyl (C=O) groups excluding carboxylic acids is 4. The number of piperidine rings is 1. The number of rotatable bonds is 14. The zero-order valence-electron chi connectivity index (χ0n) is 42.2. The van der Waals surface area contributed by atoms with E-state index in [2.05, 4.69) is 32.2 Å². The Hall–Kier alpha value is -4.35. The fourth-order valence-corrected chi connectivity index (χ4v) is 16.7. The first-order valence-corrected chi connectivity index (χ1v) is 26.9. The van der Waals surface area contributed by atoms with E-state index in [1.807, 2.05) is 62.2 Å². The van der Waals surface area contributed by atoms with Crippen molar-refractivity contribution in [1.29, 1.82) is 0 Å². The number of nitrogens with one attached hydrogen (secondary N) is 2. The lowest BCUT2D eigenvalue weighted by Crippen LogP contribution is -2.79. The minimum Gasteiger partial charge on any atom is -0.468 e. The van der Waals surface area contributed by atoms with Gasteiger partial charge in [-0.25, -0.2) is 4.79 Å². The van der Waals surface area contributed by atoms with Crippen molar-refractivity contribution in [2.45, 2.75) is 114 Å². The summed E-state index contributed by atoms with van der Waals surface area (Å²) in [5.74, 6) is -3.27. The fourth-order valence-electron chi connectivity index (χ4n) is 15.2. The van der Waals surface area contributed by atoms with Crippen LogP contribution in [0, 0.1) is 22.7 Å². The topological polar surface area (TPSA) is 198 Å². The standard InChI is InChI=1S/C52H72N5O12P/c1-10-48(54-41(59)30-70(63,67-12-3)68-13-4)27-33-28-51(46(60)65-8,42-35(19-23-56(29-33)31-48)34-17-14-15-18-38(34)53-42)37-25-36-39(26-40(37)64-7)55(6)44-50(36)21-24-57-22-16-20-49(11-2,43(50)57)45(69-32(5)58)52(44,62)47(61)66-9/h14-18,20,25-26,33,37,40,43-45,53,62H,10-13,19,21-24,27-31H2,1-9H3,(H,54,59)/t33-,37?,40?,43-,44+,45+,48-,49+,50+,51-,52-/m0/s1. The Morgan fingerprint density at radius 2 is 1.67 bits per heavy atom. The van der Waals surface area contributed by atoms with Gasteiger partial charge in [-0.15, -0.1) is 0 Å². The minimum absolute atomic E-state index is 0.134. The molecule has 2 aromatic rings. The van der Waals surface area contributed by atoms with Crippen LogP contribution in [0.3, 0.4) is 0 Å². The van der Waals surface area contributed by atoms with E-state index >= 15 is 4.79 Å². The number of aliphatic hydroxyl groups is 1. The number of nitrogens with zero attached hydrogens (tertiary/aromatic N) is 3. The number of ether oxygens (including phenoxy) is 4. The molecule has 2 bridgehead atoms. The summed E-state index contributed by atoms with van der Waals surface area (Å²) in [6.45, 7) is 12.1. The number of aromatic nitrogens is 1. The number of hydrogen-bond donors (Lipinski definition) is 3. The van der Waals surface area contributed by atoms with Crippen molar-refractivity contribution in [3.8, 4) is 0 Å². The van der Waals surface area contributed by atoms with Gasteiger partial charge in [0.15, 0.2) is 6.10 Å². The Morgan fingerprint density at radius 1 is 0.943 bits per heavy atom. The number of methoxy groups -OCH3 is 3. The number of amides is 1. The summed E-state index contributed by atoms with van der Waals surface area (Å²) in [6.07, 6.45) is 8.83. The number of H-pyrrole nitrogens is 1. The number of allylic oxidation sites excluding steroid dienone is 1. The molecule has 7 aliphatic rings. The summed E-state index contributed by atoms with van der Waals surface area (Å²) in [6, 6.07) is 6.81. The molecule has 1 spiro atoms. The summed E-state index contributed by atoms with van der Waals surface area (Å²) >= 11 is 0. The molecule has 17 nitrogen and oxygen atoms in total. The highest BCUT2D eigenvalue weighted by Gasteiger charge is 2.81. The monoisotopic (exact) mass is 989 g/mol. The van der Waals surface area contributed by atoms with Crippen molar-refractivity contribution in [1.82, 2.24) is 25.0 Å². The van der Waals surface area contributed by atoms with E-state index in [4.69, 9.17) is 28.0 Å². The van der Waals surface area contributed by atoms with Gasteiger partial charge in [0.05, 0.1) is 45.1 Å². The molecule has 18 heteroatoms. The molecule has 3 saturated heterocycles. The number of benzene rings is 1. The molecule has 9 rings (SSSR count). The maximum absolute atomic E-state index is 15.7. The van der Waals surface area contributed by atoms with Crippen LogP contribution in [0.25, 0.3) is 10.9 Å². The average molecular weight is 990 g/mol. The van der Waals surface area contributed by atoms with E-state index in [1.165, 1.54) is 21.1 Å². The van der Waals surface area contributed by atoms with Gasteiger partial charge in [-0.3, -0.25) is 23.8 Å². The number of fused-ring (bicyclic) bond motifs is 6. The maximum atomic E-state index is 15.7. The van der Waals surface area contributed by atoms with Gasteiger partial charge in [-0.05, 0) is 88.1 Å². The van der Waals surface area contributed by atoms with Crippen molar-refractivity contribution in [3.05, 3.63) is 71.1 Å². The van der Waals surface area contributed by atoms with Crippen LogP contribution < -0.4 is 5.32 Å². The lowest BCUT2D eigenvalue weighted by atomic mass is 9.47. The SMILES string of the molecule is CCOP(=O)(CC(=O)N[C@@]1(CC)C[C@@H]2CN(CCc3c([nH]c4ccccc34)[C@@](C(=O)OC)(C3C=C4C(=CC3OC)N(C)[C@H]3[C@@](O)(C(=O)OC)[C@H](OC(C)=O)[C@]5(CC)C=CCN6CC[C@]43[C@@H]65)C2)C1)OCC. The van der Waals surface area contributed by atoms with Crippen LogP contribution in [0.5, 0.6) is 0 Å². The third-order valence-electron chi connectivity index (χ3n) is 17.4. The zero-order chi connectivity index (χ0) is 50.2. The highest BCUT2D eigenvalue weighted by molar-refractivity contribution is 7.54. The molecule has 0 radical (unpaired) electrons. The molecular weight excluding hydrogens is 918 g/mol. The van der Waals surface area contributed by atoms with Gasteiger partial charge in [0.2, 0.25) is 11.5 Å². The predicted octanol–water partition coefficient (Wildman–Crippen LogP) is 5.02. The van der Waals surface area contributed by atoms with Gasteiger partial charge in [-0.2, -0.15) is 0 Å². The third kappa shape index (κ3) is 7.41. The van der Waals surface area contributed by atoms with Gasteiger partial charge in [0.1, 0.15) is 11.6 Å². The molecule has 12 atom stereocenters. The summed E-state index contributed by atoms with van der Waals surface area (Å²) in [5, 5.41) is 17.8. The van der Waals surface area contributed by atoms with Crippen LogP contribution in [0.15, 0.2) is 59.8 Å². The average Bonchev–Trinajstić information content (AvgIpc) is 4.00. The first-order chi connectivity index (χ1) is 33.4. The number of likely N-dealkylation sites (N-methyl/N-ethyl adjacent to an activating group) is 1. The summed E-state index contributed by atoms with van der Waals surface area (Å²) in [4.78, 5) is 68.0. The lowest BCUT2D eigenvalue weighted by Gasteiger charge is -2.63. The molecular formula is C52H72N5O12P. The number of para-hydroxylation sites is 1. The van der Waals surface area contributed by atoms with Crippen molar-refractivity contribution < 1.29 is 56.8 Å². The number of likely N-dealkylation sites (tertiary alicyclic amines) is 1. The molecule has 3 N–H and O–H groups in total. The maximum Gasteiger partial charge on any atom is 0.344 e. The van der Waals surface area contributed by atoms with Crippen molar-refractivity contribution in [2.24, 2.45) is 22.7 Å². The summed E-state index contributed by atoms with van der Waals surface area (Å²) < 4.78 is 49.1. The molecule has 1 aromatic heterocycles. The van der Waals surface area contributed by atoms with Gasteiger partial charge in [0, 0.05) is 92.3 Å². The summed E-state index contributed by atoms with van der Waals surface area (Å²) in [5.41, 5.74) is -2.21. The minimum atomic E-state index is -3.71. The van der Waals surface area contributed by atoms with Crippen LogP contribution in [-0.2, 0) is 63.6 Å². The highest BCUT2D eigenvalue weighted by Crippen LogP contribution is 2.70. The second-order valence-corrected chi connectivity index (χ2v) is 22.8. The van der Waals surface area contributed by atoms with Crippen molar-refractivity contribution in [3.63, 3.8) is 0 Å². The first-order valence-electron chi connectivity index (χ1n) is 25.1. The summed E-state index contributed by atoms with van der Waals surface area (Å²) in [7, 11) is 2.47. The number of aromatic amines is 1. The quantitative estimate of drug-likeness (QED) is 0.0987. The van der Waals surface area contributed by atoms with E-state index in [1.54, 1.807) is 21.0 Å². The van der Waals surface area contributed by atoms with Crippen molar-refractivity contribution >= 4 is 42.3 Å². The molecule has 5 aliphatic heterocycles. The number of hydrogen-bond acceptors (Lipinski definition) is 15. The Labute approximate surface area is 411 Å². The molecule has 2 aliphatic carbocycles. The zero-order valence-corrected chi connectivity index (χ0v) is 43.1. The van der Waals surface area contributed by atoms with Crippen LogP contribution in [0.2, 0.25) is 0 Å². The van der Waals surface area contributed by atoms with E-state index in [0.717, 1.165) is 33.4 Å². The highest BCUT2D eigenvalue weighted by atomic mass is 31.2. The van der Waals surface area contributed by atoms with Crippen molar-refractivity contribution in [2.75, 3.05) is 80.5 Å². The van der Waals surface area contributed by atoms with Gasteiger partial charge < -0.3 is 53.2 Å². The van der Waals surface area contributed by atoms with Gasteiger partial charge in [-0.1, -0.05) is 50.3 Å². The molecule has 4 fully saturated rings. The van der Waals surface area contributed by atoms with Crippen LogP contribution >= 0.6 is 7.60 Å². The van der Waals surface area contributed by atoms with Crippen LogP contribution in [0.1, 0.15) is 78.0 Å². The fraction of sp³-hybridized carbons (Fsp3) is 0.654. The normalized spacial score (nSPS) is 36.5. The predicted molar refractivity (Wildman–Crippen MR) is 261 cm³/mol. The number of esters is 3. The lowest BCUT2D eigenvalue weighted by molar-refractivity contribution is -0.243. The molecule has 1 saturated carbocycles. The van der Waals surface area contributed by atoms with Gasteiger partial charge in [0.25, 0.3) is 0 Å². The van der Waals surface area contributed by atoms with E-state index in [-0.39, 0.29) is 25.2 Å². The second-order valence-electron chi connectivity index (χ2n) is 20.8. The molecule has 1 amide bonds. The Morgan fingerprint density at radius 3 is 2.33 bits per heavy atom. The smallest absolute Gasteiger partial charge is 0.344 e. The van der Waals surface area contributed by atoms with Crippen LogP contribution in [-0.4, -0.2) is 165 Å². The third-order valence-corrected chi connectivity index (χ3v) is 19.4. The Bertz CT molecular complexity index is 2550.